The van der Waals surface area contributed by atoms with Crippen molar-refractivity contribution in [2.45, 2.75) is 44.3 Å². The van der Waals surface area contributed by atoms with Crippen molar-refractivity contribution in [2.75, 3.05) is 0 Å². The van der Waals surface area contributed by atoms with E-state index < -0.39 is 17.7 Å². The number of hydrogen-bond acceptors (Lipinski definition) is 3. The van der Waals surface area contributed by atoms with Gasteiger partial charge in [0.15, 0.2) is 0 Å². The van der Waals surface area contributed by atoms with Gasteiger partial charge in [0, 0.05) is 5.92 Å². The van der Waals surface area contributed by atoms with Crippen LogP contribution in [-0.4, -0.2) is 33.0 Å². The monoisotopic (exact) mass is 188 g/mol. The molecule has 0 radical (unpaired) electrons. The highest BCUT2D eigenvalue weighted by Gasteiger charge is 2.38. The SMILES string of the molecule is CC1(O)CCC(O)CC1CC(=O)O. The molecule has 4 nitrogen and oxygen atoms in total. The second-order valence-electron chi connectivity index (χ2n) is 4.08. The maximum atomic E-state index is 10.5. The first-order valence-electron chi connectivity index (χ1n) is 4.54. The van der Waals surface area contributed by atoms with Gasteiger partial charge in [-0.15, -0.1) is 0 Å². The van der Waals surface area contributed by atoms with Crippen molar-refractivity contribution in [3.63, 3.8) is 0 Å². The van der Waals surface area contributed by atoms with Gasteiger partial charge < -0.3 is 15.3 Å². The van der Waals surface area contributed by atoms with Gasteiger partial charge in [0.2, 0.25) is 0 Å². The summed E-state index contributed by atoms with van der Waals surface area (Å²) in [5.74, 6) is -1.24. The van der Waals surface area contributed by atoms with E-state index in [2.05, 4.69) is 0 Å². The number of rotatable bonds is 2. The van der Waals surface area contributed by atoms with Gasteiger partial charge in [-0.05, 0) is 26.2 Å². The van der Waals surface area contributed by atoms with E-state index in [9.17, 15) is 15.0 Å². The fourth-order valence-corrected chi connectivity index (χ4v) is 1.88. The number of aliphatic hydroxyl groups is 2. The molecule has 0 amide bonds. The molecule has 0 aromatic carbocycles. The Morgan fingerprint density at radius 3 is 2.77 bits per heavy atom. The van der Waals surface area contributed by atoms with Crippen LogP contribution >= 0.6 is 0 Å². The Morgan fingerprint density at radius 1 is 1.62 bits per heavy atom. The standard InChI is InChI=1S/C9H16O4/c1-9(13)3-2-7(10)4-6(9)5-8(11)12/h6-7,10,13H,2-5H2,1H3,(H,11,12). The Labute approximate surface area is 77.2 Å². The summed E-state index contributed by atoms with van der Waals surface area (Å²) < 4.78 is 0. The normalized spacial score (nSPS) is 40.2. The first kappa shape index (κ1) is 10.5. The Balaban J connectivity index is 2.61. The third-order valence-corrected chi connectivity index (χ3v) is 2.84. The fourth-order valence-electron chi connectivity index (χ4n) is 1.88. The number of aliphatic carboxylic acids is 1. The van der Waals surface area contributed by atoms with E-state index >= 15 is 0 Å². The van der Waals surface area contributed by atoms with Crippen LogP contribution in [0.2, 0.25) is 0 Å². The molecule has 1 aliphatic rings. The van der Waals surface area contributed by atoms with Crippen molar-refractivity contribution >= 4 is 5.97 Å². The molecule has 3 unspecified atom stereocenters. The zero-order valence-corrected chi connectivity index (χ0v) is 7.73. The number of carboxylic acid groups (broad SMARTS) is 1. The van der Waals surface area contributed by atoms with Crippen molar-refractivity contribution < 1.29 is 20.1 Å². The molecule has 1 saturated carbocycles. The molecular formula is C9H16O4. The fraction of sp³-hybridized carbons (Fsp3) is 0.889. The summed E-state index contributed by atoms with van der Waals surface area (Å²) in [5.41, 5.74) is -0.933. The number of carbonyl (C=O) groups is 1. The molecule has 0 heterocycles. The summed E-state index contributed by atoms with van der Waals surface area (Å²) in [4.78, 5) is 10.5. The first-order valence-corrected chi connectivity index (χ1v) is 4.54. The lowest BCUT2D eigenvalue weighted by molar-refractivity contribution is -0.143. The predicted octanol–water partition coefficient (Wildman–Crippen LogP) is 0.373. The second-order valence-corrected chi connectivity index (χ2v) is 4.08. The zero-order valence-electron chi connectivity index (χ0n) is 7.73. The first-order chi connectivity index (χ1) is 5.92. The molecule has 0 spiro atoms. The highest BCUT2D eigenvalue weighted by molar-refractivity contribution is 5.67. The van der Waals surface area contributed by atoms with Crippen LogP contribution in [0.15, 0.2) is 0 Å². The minimum atomic E-state index is -0.933. The van der Waals surface area contributed by atoms with E-state index in [-0.39, 0.29) is 12.3 Å². The maximum Gasteiger partial charge on any atom is 0.303 e. The van der Waals surface area contributed by atoms with Gasteiger partial charge in [0.1, 0.15) is 0 Å². The third kappa shape index (κ3) is 2.67. The maximum absolute atomic E-state index is 10.5. The molecule has 13 heavy (non-hydrogen) atoms. The van der Waals surface area contributed by atoms with Crippen molar-refractivity contribution in [1.82, 2.24) is 0 Å². The van der Waals surface area contributed by atoms with E-state index in [4.69, 9.17) is 5.11 Å². The van der Waals surface area contributed by atoms with Crippen molar-refractivity contribution in [3.05, 3.63) is 0 Å². The quantitative estimate of drug-likeness (QED) is 0.585. The molecule has 0 saturated heterocycles. The summed E-state index contributed by atoms with van der Waals surface area (Å²) in [6.45, 7) is 1.65. The molecule has 0 bridgehead atoms. The van der Waals surface area contributed by atoms with Crippen LogP contribution in [0.1, 0.15) is 32.6 Å². The average Bonchev–Trinajstić information content (AvgIpc) is 1.97. The molecule has 1 aliphatic carbocycles. The Bertz CT molecular complexity index is 200. The molecule has 1 rings (SSSR count). The van der Waals surface area contributed by atoms with E-state index in [1.165, 1.54) is 0 Å². The molecule has 0 aromatic rings. The van der Waals surface area contributed by atoms with E-state index in [1.807, 2.05) is 0 Å². The zero-order chi connectivity index (χ0) is 10.1. The third-order valence-electron chi connectivity index (χ3n) is 2.84. The molecule has 1 fully saturated rings. The smallest absolute Gasteiger partial charge is 0.303 e. The second kappa shape index (κ2) is 3.64. The average molecular weight is 188 g/mol. The minimum Gasteiger partial charge on any atom is -0.481 e. The van der Waals surface area contributed by atoms with Crippen LogP contribution in [0, 0.1) is 5.92 Å². The molecule has 3 atom stereocenters. The Hall–Kier alpha value is -0.610. The molecular weight excluding hydrogens is 172 g/mol. The predicted molar refractivity (Wildman–Crippen MR) is 46.2 cm³/mol. The van der Waals surface area contributed by atoms with Gasteiger partial charge in [-0.25, -0.2) is 0 Å². The number of aliphatic hydroxyl groups excluding tert-OH is 1. The molecule has 3 N–H and O–H groups in total. The summed E-state index contributed by atoms with van der Waals surface area (Å²) in [6, 6.07) is 0. The summed E-state index contributed by atoms with van der Waals surface area (Å²) in [7, 11) is 0. The van der Waals surface area contributed by atoms with Crippen LogP contribution < -0.4 is 0 Å². The van der Waals surface area contributed by atoms with E-state index in [0.29, 0.717) is 19.3 Å². The highest BCUT2D eigenvalue weighted by Crippen LogP contribution is 2.35. The van der Waals surface area contributed by atoms with Gasteiger partial charge in [-0.2, -0.15) is 0 Å². The minimum absolute atomic E-state index is 0.0654. The van der Waals surface area contributed by atoms with Crippen molar-refractivity contribution in [1.29, 1.82) is 0 Å². The van der Waals surface area contributed by atoms with Crippen LogP contribution in [-0.2, 0) is 4.79 Å². The summed E-state index contributed by atoms with van der Waals surface area (Å²) >= 11 is 0. The van der Waals surface area contributed by atoms with Crippen molar-refractivity contribution in [3.8, 4) is 0 Å². The van der Waals surface area contributed by atoms with Gasteiger partial charge in [0.25, 0.3) is 0 Å². The lowest BCUT2D eigenvalue weighted by atomic mass is 9.74. The summed E-state index contributed by atoms with van der Waals surface area (Å²) in [6.07, 6.45) is 0.906. The Kier molecular flexibility index (Phi) is 2.93. The van der Waals surface area contributed by atoms with Gasteiger partial charge in [-0.3, -0.25) is 4.79 Å². The topological polar surface area (TPSA) is 77.8 Å². The lowest BCUT2D eigenvalue weighted by Crippen LogP contribution is -2.42. The number of carboxylic acids is 1. The van der Waals surface area contributed by atoms with Gasteiger partial charge in [0.05, 0.1) is 18.1 Å². The molecule has 4 heteroatoms. The molecule has 76 valence electrons. The largest absolute Gasteiger partial charge is 0.481 e. The molecule has 0 aromatic heterocycles. The summed E-state index contributed by atoms with van der Waals surface area (Å²) in [5, 5.41) is 27.7. The van der Waals surface area contributed by atoms with Crippen LogP contribution in [0.3, 0.4) is 0 Å². The van der Waals surface area contributed by atoms with E-state index in [0.717, 1.165) is 0 Å². The van der Waals surface area contributed by atoms with Gasteiger partial charge >= 0.3 is 5.97 Å². The Morgan fingerprint density at radius 2 is 2.23 bits per heavy atom. The van der Waals surface area contributed by atoms with E-state index in [1.54, 1.807) is 6.92 Å². The van der Waals surface area contributed by atoms with Crippen LogP contribution in [0.25, 0.3) is 0 Å². The van der Waals surface area contributed by atoms with Gasteiger partial charge in [-0.1, -0.05) is 0 Å². The van der Waals surface area contributed by atoms with Crippen LogP contribution in [0.4, 0.5) is 0 Å². The van der Waals surface area contributed by atoms with Crippen LogP contribution in [0.5, 0.6) is 0 Å². The highest BCUT2D eigenvalue weighted by atomic mass is 16.4. The van der Waals surface area contributed by atoms with Crippen molar-refractivity contribution in [2.24, 2.45) is 5.92 Å². The lowest BCUT2D eigenvalue weighted by Gasteiger charge is -2.38. The molecule has 0 aliphatic heterocycles. The number of hydrogen-bond donors (Lipinski definition) is 3.